The number of rotatable bonds is 5. The molecule has 28 heavy (non-hydrogen) atoms. The molecule has 2 aromatic rings. The number of carbonyl (C=O) groups excluding carboxylic acids is 3. The third kappa shape index (κ3) is 4.02. The molecule has 146 valence electrons. The lowest BCUT2D eigenvalue weighted by Crippen LogP contribution is -2.42. The molecule has 3 rings (SSSR count). The van der Waals surface area contributed by atoms with E-state index >= 15 is 0 Å². The molecule has 1 atom stereocenters. The van der Waals surface area contributed by atoms with Gasteiger partial charge in [-0.15, -0.1) is 0 Å². The van der Waals surface area contributed by atoms with Crippen molar-refractivity contribution in [3.63, 3.8) is 0 Å². The van der Waals surface area contributed by atoms with Crippen LogP contribution in [0.1, 0.15) is 25.8 Å². The fourth-order valence-electron chi connectivity index (χ4n) is 3.30. The predicted molar refractivity (Wildman–Crippen MR) is 110 cm³/mol. The van der Waals surface area contributed by atoms with Crippen LogP contribution < -0.4 is 10.2 Å². The first kappa shape index (κ1) is 19.9. The van der Waals surface area contributed by atoms with Crippen molar-refractivity contribution in [2.24, 2.45) is 0 Å². The second kappa shape index (κ2) is 8.02. The molecular weight excluding hydrogens is 378 g/mol. The van der Waals surface area contributed by atoms with Crippen LogP contribution >= 0.6 is 11.6 Å². The molecule has 1 saturated heterocycles. The van der Waals surface area contributed by atoms with E-state index in [2.05, 4.69) is 5.32 Å². The number of hydrogen-bond acceptors (Lipinski definition) is 3. The highest BCUT2D eigenvalue weighted by molar-refractivity contribution is 6.30. The molecule has 0 aliphatic carbocycles. The third-order valence-corrected chi connectivity index (χ3v) is 4.83. The Balaban J connectivity index is 1.82. The Morgan fingerprint density at radius 1 is 1.14 bits per heavy atom. The van der Waals surface area contributed by atoms with E-state index in [4.69, 9.17) is 11.6 Å². The van der Waals surface area contributed by atoms with Gasteiger partial charge >= 0.3 is 6.03 Å². The molecule has 7 heteroatoms. The third-order valence-electron chi connectivity index (χ3n) is 4.58. The quantitative estimate of drug-likeness (QED) is 0.765. The van der Waals surface area contributed by atoms with Crippen molar-refractivity contribution >= 4 is 40.8 Å². The van der Waals surface area contributed by atoms with E-state index in [-0.39, 0.29) is 18.4 Å². The summed E-state index contributed by atoms with van der Waals surface area (Å²) in [7, 11) is 0. The van der Waals surface area contributed by atoms with Crippen molar-refractivity contribution in [3.05, 3.63) is 59.1 Å². The van der Waals surface area contributed by atoms with Crippen LogP contribution in [0.3, 0.4) is 0 Å². The van der Waals surface area contributed by atoms with Crippen LogP contribution in [0.4, 0.5) is 16.2 Å². The van der Waals surface area contributed by atoms with Crippen LogP contribution in [0.25, 0.3) is 0 Å². The van der Waals surface area contributed by atoms with Crippen LogP contribution in [0, 0.1) is 6.92 Å². The van der Waals surface area contributed by atoms with Crippen molar-refractivity contribution < 1.29 is 14.4 Å². The predicted octanol–water partition coefficient (Wildman–Crippen LogP) is 4.22. The largest absolute Gasteiger partial charge is 0.332 e. The Hall–Kier alpha value is -2.86. The number of amides is 4. The summed E-state index contributed by atoms with van der Waals surface area (Å²) in [6.07, 6.45) is -0.117. The van der Waals surface area contributed by atoms with Crippen molar-refractivity contribution in [2.45, 2.75) is 39.3 Å². The fraction of sp³-hybridized carbons (Fsp3) is 0.286. The molecule has 6 nitrogen and oxygen atoms in total. The van der Waals surface area contributed by atoms with Crippen LogP contribution in [-0.2, 0) is 9.59 Å². The second-order valence-electron chi connectivity index (χ2n) is 7.07. The van der Waals surface area contributed by atoms with Crippen molar-refractivity contribution in [1.82, 2.24) is 4.90 Å². The van der Waals surface area contributed by atoms with Crippen LogP contribution in [0.2, 0.25) is 5.02 Å². The van der Waals surface area contributed by atoms with E-state index < -0.39 is 18.0 Å². The lowest BCUT2D eigenvalue weighted by Gasteiger charge is -2.25. The maximum absolute atomic E-state index is 13.0. The van der Waals surface area contributed by atoms with Gasteiger partial charge in [-0.2, -0.15) is 0 Å². The zero-order chi connectivity index (χ0) is 20.4. The van der Waals surface area contributed by atoms with Gasteiger partial charge in [0.1, 0.15) is 6.04 Å². The number of halogens is 1. The maximum atomic E-state index is 13.0. The first-order valence-corrected chi connectivity index (χ1v) is 9.44. The molecule has 1 unspecified atom stereocenters. The highest BCUT2D eigenvalue weighted by atomic mass is 35.5. The number of imide groups is 1. The molecule has 2 aromatic carbocycles. The smallest absolute Gasteiger partial charge is 0.326 e. The SMILES string of the molecule is Cc1cccc(N2C(=O)C(CC(=O)Nc3ccc(Cl)cc3)N(C(C)C)C2=O)c1. The van der Waals surface area contributed by atoms with Gasteiger partial charge < -0.3 is 10.2 Å². The molecule has 0 saturated carbocycles. The number of urea groups is 1. The molecular formula is C21H22ClN3O3. The number of aryl methyl sites for hydroxylation is 1. The molecule has 1 heterocycles. The molecule has 1 N–H and O–H groups in total. The van der Waals surface area contributed by atoms with E-state index in [9.17, 15) is 14.4 Å². The molecule has 0 bridgehead atoms. The van der Waals surface area contributed by atoms with Gasteiger partial charge in [-0.1, -0.05) is 23.7 Å². The standard InChI is InChI=1S/C21H22ClN3O3/c1-13(2)24-18(12-19(26)23-16-9-7-15(22)8-10-16)20(27)25(21(24)28)17-6-4-5-14(3)11-17/h4-11,13,18H,12H2,1-3H3,(H,23,26). The minimum absolute atomic E-state index is 0.117. The highest BCUT2D eigenvalue weighted by Gasteiger charge is 2.47. The van der Waals surface area contributed by atoms with Gasteiger partial charge in [0.05, 0.1) is 12.1 Å². The monoisotopic (exact) mass is 399 g/mol. The Labute approximate surface area is 169 Å². The summed E-state index contributed by atoms with van der Waals surface area (Å²) in [6, 6.07) is 12.4. The Kier molecular flexibility index (Phi) is 5.70. The summed E-state index contributed by atoms with van der Waals surface area (Å²) < 4.78 is 0. The Bertz CT molecular complexity index is 911. The minimum atomic E-state index is -0.847. The van der Waals surface area contributed by atoms with Crippen LogP contribution in [-0.4, -0.2) is 34.8 Å². The number of nitrogens with one attached hydrogen (secondary N) is 1. The van der Waals surface area contributed by atoms with Gasteiger partial charge in [0.2, 0.25) is 5.91 Å². The zero-order valence-electron chi connectivity index (χ0n) is 16.0. The molecule has 0 aromatic heterocycles. The van der Waals surface area contributed by atoms with Gasteiger partial charge in [-0.25, -0.2) is 9.69 Å². The van der Waals surface area contributed by atoms with Gasteiger partial charge in [0, 0.05) is 16.8 Å². The second-order valence-corrected chi connectivity index (χ2v) is 7.51. The Morgan fingerprint density at radius 3 is 2.43 bits per heavy atom. The maximum Gasteiger partial charge on any atom is 0.332 e. The van der Waals surface area contributed by atoms with E-state index in [1.807, 2.05) is 26.8 Å². The molecule has 1 fully saturated rings. The van der Waals surface area contributed by atoms with E-state index in [0.717, 1.165) is 10.5 Å². The van der Waals surface area contributed by atoms with Crippen LogP contribution in [0.5, 0.6) is 0 Å². The van der Waals surface area contributed by atoms with E-state index in [1.165, 1.54) is 4.90 Å². The van der Waals surface area contributed by atoms with Crippen molar-refractivity contribution in [1.29, 1.82) is 0 Å². The van der Waals surface area contributed by atoms with Gasteiger partial charge in [0.25, 0.3) is 5.91 Å². The summed E-state index contributed by atoms with van der Waals surface area (Å²) in [5, 5.41) is 3.31. The van der Waals surface area contributed by atoms with Gasteiger partial charge in [-0.3, -0.25) is 9.59 Å². The minimum Gasteiger partial charge on any atom is -0.326 e. The van der Waals surface area contributed by atoms with Crippen molar-refractivity contribution in [2.75, 3.05) is 10.2 Å². The fourth-order valence-corrected chi connectivity index (χ4v) is 3.43. The first-order valence-electron chi connectivity index (χ1n) is 9.06. The topological polar surface area (TPSA) is 69.7 Å². The number of nitrogens with zero attached hydrogens (tertiary/aromatic N) is 2. The zero-order valence-corrected chi connectivity index (χ0v) is 16.7. The number of benzene rings is 2. The molecule has 0 radical (unpaired) electrons. The summed E-state index contributed by atoms with van der Waals surface area (Å²) >= 11 is 5.85. The molecule has 0 spiro atoms. The molecule has 1 aliphatic rings. The first-order chi connectivity index (χ1) is 13.3. The van der Waals surface area contributed by atoms with Crippen LogP contribution in [0.15, 0.2) is 48.5 Å². The summed E-state index contributed by atoms with van der Waals surface area (Å²) in [4.78, 5) is 41.1. The average Bonchev–Trinajstić information content (AvgIpc) is 2.87. The number of hydrogen-bond donors (Lipinski definition) is 1. The average molecular weight is 400 g/mol. The molecule has 4 amide bonds. The van der Waals surface area contributed by atoms with E-state index in [0.29, 0.717) is 16.4 Å². The normalized spacial score (nSPS) is 16.8. The number of carbonyl (C=O) groups is 3. The Morgan fingerprint density at radius 2 is 1.82 bits per heavy atom. The summed E-state index contributed by atoms with van der Waals surface area (Å²) in [5.74, 6) is -0.735. The van der Waals surface area contributed by atoms with Crippen molar-refractivity contribution in [3.8, 4) is 0 Å². The summed E-state index contributed by atoms with van der Waals surface area (Å²) in [6.45, 7) is 5.55. The van der Waals surface area contributed by atoms with E-state index in [1.54, 1.807) is 42.5 Å². The highest BCUT2D eigenvalue weighted by Crippen LogP contribution is 2.29. The number of anilines is 2. The van der Waals surface area contributed by atoms with Gasteiger partial charge in [-0.05, 0) is 62.7 Å². The lowest BCUT2D eigenvalue weighted by atomic mass is 10.1. The lowest BCUT2D eigenvalue weighted by molar-refractivity contribution is -0.124. The summed E-state index contributed by atoms with van der Waals surface area (Å²) in [5.41, 5.74) is 2.04. The molecule has 1 aliphatic heterocycles. The van der Waals surface area contributed by atoms with Gasteiger partial charge in [0.15, 0.2) is 0 Å².